The number of ether oxygens (including phenoxy) is 2. The van der Waals surface area contributed by atoms with E-state index < -0.39 is 28.6 Å². The van der Waals surface area contributed by atoms with Gasteiger partial charge in [0.05, 0.1) is 34.8 Å². The highest BCUT2D eigenvalue weighted by atomic mass is 35.5. The molecule has 35 heavy (non-hydrogen) atoms. The fourth-order valence-electron chi connectivity index (χ4n) is 3.40. The van der Waals surface area contributed by atoms with Crippen LogP contribution in [0.2, 0.25) is 15.1 Å². The molecule has 0 saturated carbocycles. The molecule has 0 aliphatic heterocycles. The Morgan fingerprint density at radius 3 is 2.17 bits per heavy atom. The van der Waals surface area contributed by atoms with Crippen molar-refractivity contribution in [1.29, 1.82) is 0 Å². The van der Waals surface area contributed by atoms with Crippen molar-refractivity contribution in [1.82, 2.24) is 0 Å². The van der Waals surface area contributed by atoms with Gasteiger partial charge in [0, 0.05) is 22.2 Å². The molecule has 0 bridgehead atoms. The van der Waals surface area contributed by atoms with Crippen LogP contribution < -0.4 is 19.5 Å². The molecule has 12 heteroatoms. The van der Waals surface area contributed by atoms with E-state index in [2.05, 4.69) is 0 Å². The molecule has 0 radical (unpaired) electrons. The van der Waals surface area contributed by atoms with Gasteiger partial charge in [0.15, 0.2) is 11.5 Å². The summed E-state index contributed by atoms with van der Waals surface area (Å²) in [5, 5.41) is 11.5. The minimum atomic E-state index is -4.43. The molecule has 0 fully saturated rings. The molecule has 3 aromatic carbocycles. The molecule has 1 unspecified atom stereocenters. The molecule has 3 aromatic rings. The summed E-state index contributed by atoms with van der Waals surface area (Å²) in [6.45, 7) is -0.753. The Hall–Kier alpha value is -2.69. The van der Waals surface area contributed by atoms with Gasteiger partial charge in [-0.3, -0.25) is 9.10 Å². The Bertz CT molecular complexity index is 1370. The second-order valence-corrected chi connectivity index (χ2v) is 10.3. The third kappa shape index (κ3) is 5.60. The normalized spacial score (nSPS) is 12.2. The summed E-state index contributed by atoms with van der Waals surface area (Å²) in [5.74, 6) is -0.492. The van der Waals surface area contributed by atoms with Crippen molar-refractivity contribution >= 4 is 56.4 Å². The number of carbonyl (C=O) groups excluding carboxylic acids is 1. The summed E-state index contributed by atoms with van der Waals surface area (Å²) in [6.07, 6.45) is -1.41. The predicted molar refractivity (Wildman–Crippen MR) is 135 cm³/mol. The van der Waals surface area contributed by atoms with Crippen LogP contribution in [0.1, 0.15) is 17.2 Å². The van der Waals surface area contributed by atoms with Gasteiger partial charge in [0.2, 0.25) is 5.91 Å². The fourth-order valence-corrected chi connectivity index (χ4v) is 5.43. The van der Waals surface area contributed by atoms with Gasteiger partial charge >= 0.3 is 0 Å². The van der Waals surface area contributed by atoms with E-state index in [4.69, 9.17) is 50.0 Å². The van der Waals surface area contributed by atoms with Gasteiger partial charge in [-0.15, -0.1) is 0 Å². The van der Waals surface area contributed by atoms with Gasteiger partial charge in [-0.2, -0.15) is 0 Å². The Morgan fingerprint density at radius 2 is 1.57 bits per heavy atom. The van der Waals surface area contributed by atoms with Crippen molar-refractivity contribution in [2.24, 2.45) is 5.73 Å². The van der Waals surface area contributed by atoms with Crippen molar-refractivity contribution in [3.8, 4) is 11.5 Å². The Morgan fingerprint density at radius 1 is 0.943 bits per heavy atom. The maximum Gasteiger partial charge on any atom is 0.264 e. The molecule has 1 amide bonds. The van der Waals surface area contributed by atoms with Crippen molar-refractivity contribution in [3.05, 3.63) is 80.8 Å². The first-order chi connectivity index (χ1) is 16.5. The summed E-state index contributed by atoms with van der Waals surface area (Å²) in [6, 6.07) is 12.9. The number of nitrogens with two attached hydrogens (primary N) is 1. The van der Waals surface area contributed by atoms with Gasteiger partial charge in [0.1, 0.15) is 12.6 Å². The van der Waals surface area contributed by atoms with E-state index in [9.17, 15) is 18.3 Å². The number of anilines is 1. The Kier molecular flexibility index (Phi) is 8.40. The average Bonchev–Trinajstić information content (AvgIpc) is 2.83. The van der Waals surface area contributed by atoms with Crippen molar-refractivity contribution in [2.45, 2.75) is 11.0 Å². The van der Waals surface area contributed by atoms with Gasteiger partial charge in [-0.25, -0.2) is 8.42 Å². The molecule has 0 heterocycles. The summed E-state index contributed by atoms with van der Waals surface area (Å²) < 4.78 is 38.6. The van der Waals surface area contributed by atoms with E-state index >= 15 is 0 Å². The maximum absolute atomic E-state index is 13.7. The average molecular weight is 560 g/mol. The molecule has 8 nitrogen and oxygen atoms in total. The van der Waals surface area contributed by atoms with Crippen molar-refractivity contribution < 1.29 is 27.8 Å². The second-order valence-electron chi connectivity index (χ2n) is 7.24. The van der Waals surface area contributed by atoms with E-state index in [1.54, 1.807) is 24.3 Å². The third-order valence-corrected chi connectivity index (χ3v) is 7.90. The summed E-state index contributed by atoms with van der Waals surface area (Å²) in [4.78, 5) is 11.7. The lowest BCUT2D eigenvalue weighted by molar-refractivity contribution is -0.116. The fraction of sp³-hybridized carbons (Fsp3) is 0.174. The molecule has 0 saturated heterocycles. The zero-order valence-electron chi connectivity index (χ0n) is 18.5. The largest absolute Gasteiger partial charge is 0.493 e. The summed E-state index contributed by atoms with van der Waals surface area (Å²) in [7, 11) is -1.67. The maximum atomic E-state index is 13.7. The topological polar surface area (TPSA) is 119 Å². The van der Waals surface area contributed by atoms with Gasteiger partial charge < -0.3 is 20.3 Å². The number of nitrogens with zero attached hydrogens (tertiary/aromatic N) is 1. The SMILES string of the molecule is COc1ccc(S(=O)(=O)N(CC(N)=O)c2cc(Cl)c(Cl)cc2C(O)c2ccccc2Cl)cc1OC. The molecule has 0 spiro atoms. The third-order valence-electron chi connectivity index (χ3n) is 5.08. The minimum absolute atomic E-state index is 0.00578. The molecule has 3 N–H and O–H groups in total. The number of rotatable bonds is 9. The summed E-state index contributed by atoms with van der Waals surface area (Å²) >= 11 is 18.7. The number of primary amides is 1. The van der Waals surface area contributed by atoms with Gasteiger partial charge in [-0.1, -0.05) is 53.0 Å². The molecule has 3 rings (SSSR count). The van der Waals surface area contributed by atoms with E-state index in [1.165, 1.54) is 44.6 Å². The number of methoxy groups -OCH3 is 2. The van der Waals surface area contributed by atoms with E-state index in [0.717, 1.165) is 4.31 Å². The lowest BCUT2D eigenvalue weighted by Gasteiger charge is -2.28. The highest BCUT2D eigenvalue weighted by Gasteiger charge is 2.32. The number of hydrogen-bond acceptors (Lipinski definition) is 6. The number of halogens is 3. The van der Waals surface area contributed by atoms with Crippen LogP contribution in [0.15, 0.2) is 59.5 Å². The van der Waals surface area contributed by atoms with Crippen LogP contribution in [0.25, 0.3) is 0 Å². The first-order valence-electron chi connectivity index (χ1n) is 9.95. The van der Waals surface area contributed by atoms with Crippen LogP contribution in [0.4, 0.5) is 5.69 Å². The van der Waals surface area contributed by atoms with Crippen LogP contribution >= 0.6 is 34.8 Å². The number of aliphatic hydroxyl groups is 1. The van der Waals surface area contributed by atoms with Crippen molar-refractivity contribution in [3.63, 3.8) is 0 Å². The zero-order chi connectivity index (χ0) is 25.9. The second kappa shape index (κ2) is 10.9. The molecule has 0 aromatic heterocycles. The highest BCUT2D eigenvalue weighted by Crippen LogP contribution is 2.41. The van der Waals surface area contributed by atoms with E-state index in [0.29, 0.717) is 5.75 Å². The Balaban J connectivity index is 2.26. The standard InChI is InChI=1S/C23H21Cl3N2O6S/c1-33-20-8-7-13(9-21(20)34-2)35(31,32)28(12-22(27)29)19-11-18(26)17(25)10-15(19)23(30)14-5-3-4-6-16(14)24/h3-11,23,30H,12H2,1-2H3,(H2,27,29). The number of aliphatic hydroxyl groups excluding tert-OH is 1. The minimum Gasteiger partial charge on any atom is -0.493 e. The Labute approximate surface area is 217 Å². The molecule has 0 aliphatic carbocycles. The molecule has 186 valence electrons. The molecular formula is C23H21Cl3N2O6S. The number of amides is 1. The number of hydrogen-bond donors (Lipinski definition) is 2. The smallest absolute Gasteiger partial charge is 0.264 e. The van der Waals surface area contributed by atoms with E-state index in [-0.39, 0.29) is 42.5 Å². The van der Waals surface area contributed by atoms with Crippen LogP contribution in [0, 0.1) is 0 Å². The van der Waals surface area contributed by atoms with E-state index in [1.807, 2.05) is 0 Å². The van der Waals surface area contributed by atoms with Crippen LogP contribution in [0.5, 0.6) is 11.5 Å². The number of sulfonamides is 1. The predicted octanol–water partition coefficient (Wildman–Crippen LogP) is 4.43. The van der Waals surface area contributed by atoms with Crippen molar-refractivity contribution in [2.75, 3.05) is 25.1 Å². The molecular weight excluding hydrogens is 539 g/mol. The quantitative estimate of drug-likeness (QED) is 0.400. The lowest BCUT2D eigenvalue weighted by Crippen LogP contribution is -2.39. The first kappa shape index (κ1) is 26.9. The molecule has 0 aliphatic rings. The van der Waals surface area contributed by atoms with Gasteiger partial charge in [-0.05, 0) is 30.3 Å². The first-order valence-corrected chi connectivity index (χ1v) is 12.5. The van der Waals surface area contributed by atoms with Gasteiger partial charge in [0.25, 0.3) is 10.0 Å². The van der Waals surface area contributed by atoms with Crippen LogP contribution in [-0.2, 0) is 14.8 Å². The summed E-state index contributed by atoms with van der Waals surface area (Å²) in [5.41, 5.74) is 5.62. The molecule has 1 atom stereocenters. The number of carbonyl (C=O) groups is 1. The van der Waals surface area contributed by atoms with Crippen LogP contribution in [-0.4, -0.2) is 40.2 Å². The lowest BCUT2D eigenvalue weighted by atomic mass is 9.99. The zero-order valence-corrected chi connectivity index (χ0v) is 21.6. The number of benzene rings is 3. The monoisotopic (exact) mass is 558 g/mol. The highest BCUT2D eigenvalue weighted by molar-refractivity contribution is 7.92. The van der Waals surface area contributed by atoms with Crippen LogP contribution in [0.3, 0.4) is 0 Å².